The minimum atomic E-state index is -0.382. The molecule has 0 fully saturated rings. The highest BCUT2D eigenvalue weighted by atomic mass is 79.9. The predicted molar refractivity (Wildman–Crippen MR) is 79.5 cm³/mol. The van der Waals surface area contributed by atoms with Crippen LogP contribution in [0.15, 0.2) is 22.7 Å². The van der Waals surface area contributed by atoms with Crippen molar-refractivity contribution >= 4 is 21.7 Å². The van der Waals surface area contributed by atoms with E-state index in [4.69, 9.17) is 0 Å². The number of hydrogen-bond acceptors (Lipinski definition) is 2. The number of aromatic nitrogens is 2. The SMILES string of the molecule is CCn1nc(C)c(Br)c1CC(=O)c1cc(C)cc(F)c1. The van der Waals surface area contributed by atoms with Gasteiger partial charge in [0, 0.05) is 12.1 Å². The van der Waals surface area contributed by atoms with E-state index < -0.39 is 0 Å². The van der Waals surface area contributed by atoms with Crippen LogP contribution in [0, 0.1) is 19.7 Å². The van der Waals surface area contributed by atoms with Gasteiger partial charge in [-0.15, -0.1) is 0 Å². The molecular formula is C15H16BrFN2O. The van der Waals surface area contributed by atoms with Gasteiger partial charge >= 0.3 is 0 Å². The number of carbonyl (C=O) groups excluding carboxylic acids is 1. The Hall–Kier alpha value is -1.49. The minimum Gasteiger partial charge on any atom is -0.294 e. The first-order chi connectivity index (χ1) is 9.42. The van der Waals surface area contributed by atoms with Crippen molar-refractivity contribution in [2.24, 2.45) is 0 Å². The predicted octanol–water partition coefficient (Wildman–Crippen LogP) is 3.85. The number of rotatable bonds is 4. The van der Waals surface area contributed by atoms with Crippen molar-refractivity contribution in [3.63, 3.8) is 0 Å². The first-order valence-corrected chi connectivity index (χ1v) is 7.23. The summed E-state index contributed by atoms with van der Waals surface area (Å²) >= 11 is 3.46. The Bertz CT molecular complexity index is 644. The Balaban J connectivity index is 2.32. The maximum atomic E-state index is 13.4. The third-order valence-corrected chi connectivity index (χ3v) is 4.18. The van der Waals surface area contributed by atoms with E-state index in [-0.39, 0.29) is 18.0 Å². The van der Waals surface area contributed by atoms with Gasteiger partial charge in [-0.25, -0.2) is 4.39 Å². The molecular weight excluding hydrogens is 323 g/mol. The van der Waals surface area contributed by atoms with Gasteiger partial charge in [-0.2, -0.15) is 5.10 Å². The zero-order valence-corrected chi connectivity index (χ0v) is 13.3. The third-order valence-electron chi connectivity index (χ3n) is 3.14. The molecule has 0 unspecified atom stereocenters. The van der Waals surface area contributed by atoms with Gasteiger partial charge in [-0.05, 0) is 60.5 Å². The minimum absolute atomic E-state index is 0.108. The molecule has 0 atom stereocenters. The molecule has 1 aromatic carbocycles. The summed E-state index contributed by atoms with van der Waals surface area (Å²) in [5.74, 6) is -0.490. The lowest BCUT2D eigenvalue weighted by Crippen LogP contribution is -2.10. The highest BCUT2D eigenvalue weighted by Gasteiger charge is 2.17. The maximum Gasteiger partial charge on any atom is 0.168 e. The first-order valence-electron chi connectivity index (χ1n) is 6.44. The maximum absolute atomic E-state index is 13.4. The van der Waals surface area contributed by atoms with Gasteiger partial charge in [0.1, 0.15) is 5.82 Å². The number of carbonyl (C=O) groups is 1. The number of benzene rings is 1. The third kappa shape index (κ3) is 2.98. The molecule has 2 aromatic rings. The van der Waals surface area contributed by atoms with Gasteiger partial charge in [-0.3, -0.25) is 9.48 Å². The highest BCUT2D eigenvalue weighted by molar-refractivity contribution is 9.10. The summed E-state index contributed by atoms with van der Waals surface area (Å²) in [4.78, 5) is 12.3. The molecule has 1 heterocycles. The summed E-state index contributed by atoms with van der Waals surface area (Å²) in [6.07, 6.45) is 0.207. The van der Waals surface area contributed by atoms with E-state index in [0.29, 0.717) is 12.1 Å². The van der Waals surface area contributed by atoms with Gasteiger partial charge in [-0.1, -0.05) is 0 Å². The fraction of sp³-hybridized carbons (Fsp3) is 0.333. The van der Waals surface area contributed by atoms with E-state index in [9.17, 15) is 9.18 Å². The fourth-order valence-electron chi connectivity index (χ4n) is 2.19. The van der Waals surface area contributed by atoms with Crippen molar-refractivity contribution in [3.05, 3.63) is 51.0 Å². The quantitative estimate of drug-likeness (QED) is 0.793. The van der Waals surface area contributed by atoms with E-state index >= 15 is 0 Å². The normalized spacial score (nSPS) is 10.8. The molecule has 0 N–H and O–H groups in total. The molecule has 3 nitrogen and oxygen atoms in total. The van der Waals surface area contributed by atoms with Crippen LogP contribution in [0.3, 0.4) is 0 Å². The number of Topliss-reactive ketones (excluding diaryl/α,β-unsaturated/α-hetero) is 1. The topological polar surface area (TPSA) is 34.9 Å². The Kier molecular flexibility index (Phi) is 4.38. The van der Waals surface area contributed by atoms with Crippen LogP contribution in [0.4, 0.5) is 4.39 Å². The van der Waals surface area contributed by atoms with Crippen molar-refractivity contribution in [1.29, 1.82) is 0 Å². The molecule has 1 aromatic heterocycles. The molecule has 0 aliphatic heterocycles. The smallest absolute Gasteiger partial charge is 0.168 e. The standard InChI is InChI=1S/C15H16BrFN2O/c1-4-19-13(15(16)10(3)18-19)8-14(20)11-5-9(2)6-12(17)7-11/h5-7H,4,8H2,1-3H3. The monoisotopic (exact) mass is 338 g/mol. The molecule has 0 radical (unpaired) electrons. The molecule has 0 spiro atoms. The zero-order valence-electron chi connectivity index (χ0n) is 11.7. The van der Waals surface area contributed by atoms with Crippen LogP contribution in [-0.2, 0) is 13.0 Å². The van der Waals surface area contributed by atoms with Crippen LogP contribution in [0.25, 0.3) is 0 Å². The second-order valence-electron chi connectivity index (χ2n) is 4.78. The molecule has 0 saturated heterocycles. The summed E-state index contributed by atoms with van der Waals surface area (Å²) in [5.41, 5.74) is 2.82. The summed E-state index contributed by atoms with van der Waals surface area (Å²) in [6.45, 7) is 6.32. The molecule has 0 aliphatic carbocycles. The summed E-state index contributed by atoms with van der Waals surface area (Å²) < 4.78 is 16.0. The Morgan fingerprint density at radius 1 is 1.35 bits per heavy atom. The van der Waals surface area contributed by atoms with Crippen LogP contribution in [-0.4, -0.2) is 15.6 Å². The number of halogens is 2. The van der Waals surface area contributed by atoms with Crippen molar-refractivity contribution in [1.82, 2.24) is 9.78 Å². The van der Waals surface area contributed by atoms with Crippen LogP contribution in [0.5, 0.6) is 0 Å². The Morgan fingerprint density at radius 3 is 2.65 bits per heavy atom. The number of nitrogens with zero attached hydrogens (tertiary/aromatic N) is 2. The van der Waals surface area contributed by atoms with Gasteiger partial charge < -0.3 is 0 Å². The van der Waals surface area contributed by atoms with Crippen LogP contribution in [0.1, 0.15) is 34.2 Å². The van der Waals surface area contributed by atoms with Gasteiger partial charge in [0.15, 0.2) is 5.78 Å². The molecule has 0 amide bonds. The average Bonchev–Trinajstić information content (AvgIpc) is 2.65. The van der Waals surface area contributed by atoms with E-state index in [1.165, 1.54) is 12.1 Å². The molecule has 5 heteroatoms. The molecule has 106 valence electrons. The molecule has 0 saturated carbocycles. The summed E-state index contributed by atoms with van der Waals surface area (Å²) in [5, 5.41) is 4.35. The highest BCUT2D eigenvalue weighted by Crippen LogP contribution is 2.23. The zero-order chi connectivity index (χ0) is 14.9. The van der Waals surface area contributed by atoms with E-state index in [1.54, 1.807) is 17.7 Å². The number of aryl methyl sites for hydroxylation is 3. The lowest BCUT2D eigenvalue weighted by atomic mass is 10.0. The van der Waals surface area contributed by atoms with Crippen LogP contribution >= 0.6 is 15.9 Å². The first kappa shape index (κ1) is 14.9. The van der Waals surface area contributed by atoms with Gasteiger partial charge in [0.05, 0.1) is 22.3 Å². The van der Waals surface area contributed by atoms with Crippen molar-refractivity contribution < 1.29 is 9.18 Å². The van der Waals surface area contributed by atoms with E-state index in [0.717, 1.165) is 21.4 Å². The van der Waals surface area contributed by atoms with Crippen LogP contribution in [0.2, 0.25) is 0 Å². The second-order valence-corrected chi connectivity index (χ2v) is 5.57. The van der Waals surface area contributed by atoms with Crippen molar-refractivity contribution in [2.75, 3.05) is 0 Å². The van der Waals surface area contributed by atoms with E-state index in [2.05, 4.69) is 21.0 Å². The second kappa shape index (κ2) is 5.87. The molecule has 20 heavy (non-hydrogen) atoms. The van der Waals surface area contributed by atoms with Gasteiger partial charge in [0.25, 0.3) is 0 Å². The summed E-state index contributed by atoms with van der Waals surface area (Å²) in [6, 6.07) is 4.40. The average molecular weight is 339 g/mol. The number of hydrogen-bond donors (Lipinski definition) is 0. The Labute approximate surface area is 125 Å². The van der Waals surface area contributed by atoms with Crippen molar-refractivity contribution in [3.8, 4) is 0 Å². The largest absolute Gasteiger partial charge is 0.294 e. The van der Waals surface area contributed by atoms with Crippen LogP contribution < -0.4 is 0 Å². The van der Waals surface area contributed by atoms with Crippen molar-refractivity contribution in [2.45, 2.75) is 33.7 Å². The molecule has 0 aliphatic rings. The molecule has 0 bridgehead atoms. The fourth-order valence-corrected chi connectivity index (χ4v) is 2.61. The van der Waals surface area contributed by atoms with E-state index in [1.807, 2.05) is 13.8 Å². The number of ketones is 1. The Morgan fingerprint density at radius 2 is 2.05 bits per heavy atom. The lowest BCUT2D eigenvalue weighted by molar-refractivity contribution is 0.0990. The van der Waals surface area contributed by atoms with Gasteiger partial charge in [0.2, 0.25) is 0 Å². The lowest BCUT2D eigenvalue weighted by Gasteiger charge is -2.06. The molecule has 2 rings (SSSR count). The summed E-state index contributed by atoms with van der Waals surface area (Å²) in [7, 11) is 0.